The number of hydrogen-bond donors (Lipinski definition) is 1. The lowest BCUT2D eigenvalue weighted by Gasteiger charge is -2.36. The Bertz CT molecular complexity index is 672. The zero-order valence-corrected chi connectivity index (χ0v) is 14.1. The van der Waals surface area contributed by atoms with Gasteiger partial charge in [0, 0.05) is 45.1 Å². The first-order chi connectivity index (χ1) is 11.1. The highest BCUT2D eigenvalue weighted by atomic mass is 16.1. The summed E-state index contributed by atoms with van der Waals surface area (Å²) in [7, 11) is 1.88. The molecule has 0 fully saturated rings. The lowest BCUT2D eigenvalue weighted by molar-refractivity contribution is 0.0935. The zero-order valence-electron chi connectivity index (χ0n) is 14.1. The van der Waals surface area contributed by atoms with Crippen LogP contribution >= 0.6 is 0 Å². The summed E-state index contributed by atoms with van der Waals surface area (Å²) in [6, 6.07) is 6.63. The topological polar surface area (TPSA) is 55.1 Å². The molecule has 0 spiro atoms. The molecule has 0 bridgehead atoms. The SMILES string of the molecule is CC(C)N1Cc2ccnn2[C@@H](CCNC(=O)c2cccn2C)C1. The molecule has 0 aromatic carbocycles. The fourth-order valence-electron chi connectivity index (χ4n) is 3.16. The van der Waals surface area contributed by atoms with Gasteiger partial charge in [-0.2, -0.15) is 5.10 Å². The van der Waals surface area contributed by atoms with E-state index in [0.717, 1.165) is 19.5 Å². The molecular weight excluding hydrogens is 290 g/mol. The van der Waals surface area contributed by atoms with Crippen molar-refractivity contribution in [3.63, 3.8) is 0 Å². The molecule has 0 aliphatic carbocycles. The van der Waals surface area contributed by atoms with Gasteiger partial charge in [-0.3, -0.25) is 14.4 Å². The highest BCUT2D eigenvalue weighted by Crippen LogP contribution is 2.24. The Morgan fingerprint density at radius 2 is 2.26 bits per heavy atom. The Labute approximate surface area is 137 Å². The summed E-state index contributed by atoms with van der Waals surface area (Å²) in [5.41, 5.74) is 1.95. The smallest absolute Gasteiger partial charge is 0.267 e. The summed E-state index contributed by atoms with van der Waals surface area (Å²) in [6.07, 6.45) is 4.63. The molecule has 6 heteroatoms. The second kappa shape index (κ2) is 6.58. The summed E-state index contributed by atoms with van der Waals surface area (Å²) in [5.74, 6) is -0.0188. The van der Waals surface area contributed by atoms with E-state index in [2.05, 4.69) is 39.9 Å². The molecule has 23 heavy (non-hydrogen) atoms. The molecule has 1 N–H and O–H groups in total. The summed E-state index contributed by atoms with van der Waals surface area (Å²) >= 11 is 0. The molecule has 1 aliphatic rings. The fraction of sp³-hybridized carbons (Fsp3) is 0.529. The molecule has 124 valence electrons. The monoisotopic (exact) mass is 315 g/mol. The quantitative estimate of drug-likeness (QED) is 0.915. The van der Waals surface area contributed by atoms with Gasteiger partial charge in [-0.25, -0.2) is 0 Å². The van der Waals surface area contributed by atoms with Crippen molar-refractivity contribution < 1.29 is 4.79 Å². The second-order valence-corrected chi connectivity index (χ2v) is 6.49. The van der Waals surface area contributed by atoms with Crippen molar-refractivity contribution in [3.8, 4) is 0 Å². The van der Waals surface area contributed by atoms with E-state index in [0.29, 0.717) is 24.3 Å². The van der Waals surface area contributed by atoms with Gasteiger partial charge in [0.2, 0.25) is 0 Å². The Hall–Kier alpha value is -2.08. The van der Waals surface area contributed by atoms with Gasteiger partial charge in [-0.05, 0) is 38.5 Å². The van der Waals surface area contributed by atoms with E-state index in [4.69, 9.17) is 0 Å². The van der Waals surface area contributed by atoms with Crippen LogP contribution in [0.5, 0.6) is 0 Å². The van der Waals surface area contributed by atoms with E-state index in [9.17, 15) is 4.79 Å². The van der Waals surface area contributed by atoms with Crippen molar-refractivity contribution in [1.29, 1.82) is 0 Å². The molecule has 0 saturated carbocycles. The first-order valence-electron chi connectivity index (χ1n) is 8.22. The molecule has 2 aromatic rings. The normalized spacial score (nSPS) is 18.2. The highest BCUT2D eigenvalue weighted by molar-refractivity contribution is 5.92. The van der Waals surface area contributed by atoms with Crippen LogP contribution in [-0.4, -0.2) is 44.3 Å². The van der Waals surface area contributed by atoms with Crippen LogP contribution in [0.3, 0.4) is 0 Å². The number of amides is 1. The number of carbonyl (C=O) groups is 1. The van der Waals surface area contributed by atoms with Crippen molar-refractivity contribution in [3.05, 3.63) is 42.0 Å². The minimum absolute atomic E-state index is 0.0188. The molecule has 2 aromatic heterocycles. The van der Waals surface area contributed by atoms with Crippen LogP contribution in [0.2, 0.25) is 0 Å². The third-order valence-electron chi connectivity index (χ3n) is 4.58. The first kappa shape index (κ1) is 15.8. The molecule has 6 nitrogen and oxygen atoms in total. The zero-order chi connectivity index (χ0) is 16.4. The minimum Gasteiger partial charge on any atom is -0.351 e. The number of aryl methyl sites for hydroxylation is 1. The van der Waals surface area contributed by atoms with Crippen molar-refractivity contribution in [2.24, 2.45) is 7.05 Å². The Balaban J connectivity index is 1.60. The predicted molar refractivity (Wildman–Crippen MR) is 89.2 cm³/mol. The molecular formula is C17H25N5O. The standard InChI is InChI=1S/C17H25N5O/c1-13(2)21-11-14(22-15(12-21)7-9-19-22)6-8-18-17(23)16-5-4-10-20(16)3/h4-5,7,9-10,13-14H,6,8,11-12H2,1-3H3,(H,18,23)/t14-/m0/s1. The molecule has 3 heterocycles. The summed E-state index contributed by atoms with van der Waals surface area (Å²) in [4.78, 5) is 14.6. The van der Waals surface area contributed by atoms with Crippen molar-refractivity contribution in [2.75, 3.05) is 13.1 Å². The van der Waals surface area contributed by atoms with Gasteiger partial charge in [-0.1, -0.05) is 0 Å². The number of rotatable bonds is 5. The summed E-state index contributed by atoms with van der Waals surface area (Å²) in [6.45, 7) is 7.02. The van der Waals surface area contributed by atoms with Crippen LogP contribution in [0.1, 0.15) is 42.5 Å². The average molecular weight is 315 g/mol. The number of nitrogens with zero attached hydrogens (tertiary/aromatic N) is 4. The van der Waals surface area contributed by atoms with Crippen LogP contribution in [-0.2, 0) is 13.6 Å². The van der Waals surface area contributed by atoms with E-state index in [1.807, 2.05) is 36.1 Å². The minimum atomic E-state index is -0.0188. The molecule has 0 unspecified atom stereocenters. The Morgan fingerprint density at radius 1 is 1.43 bits per heavy atom. The van der Waals surface area contributed by atoms with E-state index in [-0.39, 0.29) is 5.91 Å². The van der Waals surface area contributed by atoms with E-state index in [1.54, 1.807) is 0 Å². The lowest BCUT2D eigenvalue weighted by Crippen LogP contribution is -2.42. The third-order valence-corrected chi connectivity index (χ3v) is 4.58. The number of nitrogens with one attached hydrogen (secondary N) is 1. The fourth-order valence-corrected chi connectivity index (χ4v) is 3.16. The molecule has 1 aliphatic heterocycles. The molecule has 3 rings (SSSR count). The maximum absolute atomic E-state index is 12.2. The average Bonchev–Trinajstić information content (AvgIpc) is 3.15. The second-order valence-electron chi connectivity index (χ2n) is 6.49. The van der Waals surface area contributed by atoms with Crippen molar-refractivity contribution in [1.82, 2.24) is 24.6 Å². The van der Waals surface area contributed by atoms with Gasteiger partial charge < -0.3 is 9.88 Å². The van der Waals surface area contributed by atoms with E-state index >= 15 is 0 Å². The van der Waals surface area contributed by atoms with Crippen molar-refractivity contribution >= 4 is 5.91 Å². The van der Waals surface area contributed by atoms with Gasteiger partial charge in [0.05, 0.1) is 11.7 Å². The summed E-state index contributed by atoms with van der Waals surface area (Å²) < 4.78 is 3.95. The van der Waals surface area contributed by atoms with Gasteiger partial charge in [-0.15, -0.1) is 0 Å². The third kappa shape index (κ3) is 3.32. The van der Waals surface area contributed by atoms with E-state index < -0.39 is 0 Å². The van der Waals surface area contributed by atoms with E-state index in [1.165, 1.54) is 5.69 Å². The van der Waals surface area contributed by atoms with Gasteiger partial charge in [0.25, 0.3) is 5.91 Å². The molecule has 1 atom stereocenters. The van der Waals surface area contributed by atoms with Crippen LogP contribution in [0.15, 0.2) is 30.6 Å². The van der Waals surface area contributed by atoms with Crippen LogP contribution in [0.4, 0.5) is 0 Å². The number of aromatic nitrogens is 3. The van der Waals surface area contributed by atoms with Crippen molar-refractivity contribution in [2.45, 2.75) is 38.9 Å². The number of hydrogen-bond acceptors (Lipinski definition) is 3. The molecule has 1 amide bonds. The summed E-state index contributed by atoms with van der Waals surface area (Å²) in [5, 5.41) is 7.49. The first-order valence-corrected chi connectivity index (χ1v) is 8.22. The Morgan fingerprint density at radius 3 is 2.96 bits per heavy atom. The molecule has 0 radical (unpaired) electrons. The predicted octanol–water partition coefficient (Wildman–Crippen LogP) is 1.81. The number of carbonyl (C=O) groups excluding carboxylic acids is 1. The lowest BCUT2D eigenvalue weighted by atomic mass is 10.1. The van der Waals surface area contributed by atoms with Crippen LogP contribution in [0.25, 0.3) is 0 Å². The maximum atomic E-state index is 12.2. The number of fused-ring (bicyclic) bond motifs is 1. The molecule has 0 saturated heterocycles. The maximum Gasteiger partial charge on any atom is 0.267 e. The van der Waals surface area contributed by atoms with Crippen LogP contribution in [0, 0.1) is 0 Å². The largest absolute Gasteiger partial charge is 0.351 e. The highest BCUT2D eigenvalue weighted by Gasteiger charge is 2.26. The Kier molecular flexibility index (Phi) is 4.52. The van der Waals surface area contributed by atoms with Crippen LogP contribution < -0.4 is 5.32 Å². The van der Waals surface area contributed by atoms with Gasteiger partial charge >= 0.3 is 0 Å². The van der Waals surface area contributed by atoms with Gasteiger partial charge in [0.1, 0.15) is 5.69 Å². The van der Waals surface area contributed by atoms with Gasteiger partial charge in [0.15, 0.2) is 0 Å².